The maximum absolute atomic E-state index is 12.6. The van der Waals surface area contributed by atoms with E-state index in [1.807, 2.05) is 38.1 Å². The SMILES string of the molecule is CCCCc1ccc(NC(=O)c2ccc(-c3cc(=O)c4cc(C)cc(C)c4o3)cc2)cc1. The van der Waals surface area contributed by atoms with Crippen molar-refractivity contribution < 1.29 is 9.21 Å². The zero-order valence-corrected chi connectivity index (χ0v) is 18.7. The zero-order valence-electron chi connectivity index (χ0n) is 18.7. The maximum Gasteiger partial charge on any atom is 0.255 e. The molecule has 0 spiro atoms. The number of amides is 1. The summed E-state index contributed by atoms with van der Waals surface area (Å²) in [6.45, 7) is 6.08. The highest BCUT2D eigenvalue weighted by molar-refractivity contribution is 6.04. The van der Waals surface area contributed by atoms with Crippen molar-refractivity contribution in [2.75, 3.05) is 5.32 Å². The van der Waals surface area contributed by atoms with Crippen molar-refractivity contribution >= 4 is 22.6 Å². The lowest BCUT2D eigenvalue weighted by Gasteiger charge is -2.09. The van der Waals surface area contributed by atoms with Crippen LogP contribution in [0, 0.1) is 13.8 Å². The molecule has 1 aromatic heterocycles. The second kappa shape index (κ2) is 9.23. The highest BCUT2D eigenvalue weighted by Crippen LogP contribution is 2.25. The summed E-state index contributed by atoms with van der Waals surface area (Å²) in [6.07, 6.45) is 3.38. The standard InChI is InChI=1S/C28H27NO3/c1-4-5-6-20-7-13-23(14-8-20)29-28(31)22-11-9-21(10-12-22)26-17-25(30)24-16-18(2)15-19(3)27(24)32-26/h7-17H,4-6H2,1-3H3,(H,29,31). The molecule has 0 aliphatic rings. The van der Waals surface area contributed by atoms with Gasteiger partial charge < -0.3 is 9.73 Å². The van der Waals surface area contributed by atoms with Crippen LogP contribution in [-0.2, 0) is 6.42 Å². The van der Waals surface area contributed by atoms with E-state index in [2.05, 4.69) is 24.4 Å². The zero-order chi connectivity index (χ0) is 22.7. The van der Waals surface area contributed by atoms with E-state index in [1.165, 1.54) is 11.6 Å². The van der Waals surface area contributed by atoms with Gasteiger partial charge in [0.25, 0.3) is 5.91 Å². The Morgan fingerprint density at radius 3 is 2.34 bits per heavy atom. The number of anilines is 1. The Hall–Kier alpha value is -3.66. The first-order valence-corrected chi connectivity index (χ1v) is 11.0. The second-order valence-corrected chi connectivity index (χ2v) is 8.27. The normalized spacial score (nSPS) is 11.0. The van der Waals surface area contributed by atoms with Crippen LogP contribution in [0.1, 0.15) is 46.8 Å². The molecule has 0 saturated heterocycles. The van der Waals surface area contributed by atoms with Crippen molar-refractivity contribution in [2.24, 2.45) is 0 Å². The lowest BCUT2D eigenvalue weighted by atomic mass is 10.1. The quantitative estimate of drug-likeness (QED) is 0.375. The van der Waals surface area contributed by atoms with Crippen LogP contribution in [0.2, 0.25) is 0 Å². The molecule has 0 atom stereocenters. The van der Waals surface area contributed by atoms with Gasteiger partial charge in [0, 0.05) is 22.9 Å². The monoisotopic (exact) mass is 425 g/mol. The molecule has 0 aliphatic heterocycles. The predicted molar refractivity (Wildman–Crippen MR) is 130 cm³/mol. The number of fused-ring (bicyclic) bond motifs is 1. The van der Waals surface area contributed by atoms with Gasteiger partial charge in [0.1, 0.15) is 11.3 Å². The molecule has 32 heavy (non-hydrogen) atoms. The lowest BCUT2D eigenvalue weighted by molar-refractivity contribution is 0.102. The van der Waals surface area contributed by atoms with Gasteiger partial charge in [-0.2, -0.15) is 0 Å². The van der Waals surface area contributed by atoms with E-state index in [0.29, 0.717) is 22.3 Å². The summed E-state index contributed by atoms with van der Waals surface area (Å²) in [6, 6.07) is 20.4. The van der Waals surface area contributed by atoms with Crippen molar-refractivity contribution in [1.29, 1.82) is 0 Å². The number of carbonyl (C=O) groups excluding carboxylic acids is 1. The molecule has 1 heterocycles. The second-order valence-electron chi connectivity index (χ2n) is 8.27. The van der Waals surface area contributed by atoms with Crippen LogP contribution in [0.5, 0.6) is 0 Å². The van der Waals surface area contributed by atoms with Gasteiger partial charge in [-0.1, -0.05) is 43.7 Å². The topological polar surface area (TPSA) is 59.3 Å². The largest absolute Gasteiger partial charge is 0.456 e. The number of nitrogens with one attached hydrogen (secondary N) is 1. The van der Waals surface area contributed by atoms with Crippen LogP contribution in [-0.4, -0.2) is 5.91 Å². The molecule has 1 amide bonds. The van der Waals surface area contributed by atoms with Crippen molar-refractivity contribution in [2.45, 2.75) is 40.0 Å². The van der Waals surface area contributed by atoms with E-state index >= 15 is 0 Å². The summed E-state index contributed by atoms with van der Waals surface area (Å²) >= 11 is 0. The van der Waals surface area contributed by atoms with Gasteiger partial charge in [-0.05, 0) is 73.7 Å². The van der Waals surface area contributed by atoms with Crippen LogP contribution >= 0.6 is 0 Å². The molecule has 0 aliphatic carbocycles. The van der Waals surface area contributed by atoms with Gasteiger partial charge >= 0.3 is 0 Å². The number of hydrogen-bond donors (Lipinski definition) is 1. The summed E-state index contributed by atoms with van der Waals surface area (Å²) < 4.78 is 6.05. The summed E-state index contributed by atoms with van der Waals surface area (Å²) in [4.78, 5) is 25.3. The van der Waals surface area contributed by atoms with Gasteiger partial charge in [0.05, 0.1) is 5.39 Å². The summed E-state index contributed by atoms with van der Waals surface area (Å²) in [5.74, 6) is 0.313. The Kier molecular flexibility index (Phi) is 6.22. The molecule has 0 saturated carbocycles. The first-order chi connectivity index (χ1) is 15.4. The molecular weight excluding hydrogens is 398 g/mol. The minimum atomic E-state index is -0.177. The summed E-state index contributed by atoms with van der Waals surface area (Å²) in [5.41, 5.74) is 5.82. The van der Waals surface area contributed by atoms with Crippen LogP contribution in [0.25, 0.3) is 22.3 Å². The van der Waals surface area contributed by atoms with Crippen molar-refractivity contribution in [1.82, 2.24) is 0 Å². The molecular formula is C28H27NO3. The number of carbonyl (C=O) groups is 1. The third-order valence-electron chi connectivity index (χ3n) is 5.62. The van der Waals surface area contributed by atoms with E-state index in [4.69, 9.17) is 4.42 Å². The van der Waals surface area contributed by atoms with E-state index in [1.54, 1.807) is 24.3 Å². The highest BCUT2D eigenvalue weighted by Gasteiger charge is 2.11. The number of rotatable bonds is 6. The molecule has 162 valence electrons. The number of hydrogen-bond acceptors (Lipinski definition) is 3. The van der Waals surface area contributed by atoms with E-state index in [-0.39, 0.29) is 11.3 Å². The molecule has 4 nitrogen and oxygen atoms in total. The average molecular weight is 426 g/mol. The van der Waals surface area contributed by atoms with Crippen LogP contribution in [0.15, 0.2) is 75.9 Å². The number of aryl methyl sites for hydroxylation is 3. The first-order valence-electron chi connectivity index (χ1n) is 11.0. The van der Waals surface area contributed by atoms with E-state index in [0.717, 1.165) is 41.6 Å². The Labute approximate surface area is 187 Å². The number of unbranched alkanes of at least 4 members (excludes halogenated alkanes) is 1. The minimum Gasteiger partial charge on any atom is -0.456 e. The lowest BCUT2D eigenvalue weighted by Crippen LogP contribution is -2.11. The molecule has 0 unspecified atom stereocenters. The van der Waals surface area contributed by atoms with E-state index < -0.39 is 0 Å². The Morgan fingerprint density at radius 1 is 0.938 bits per heavy atom. The van der Waals surface area contributed by atoms with Gasteiger partial charge in [0.2, 0.25) is 0 Å². The fraction of sp³-hybridized carbons (Fsp3) is 0.214. The van der Waals surface area contributed by atoms with Crippen LogP contribution in [0.3, 0.4) is 0 Å². The van der Waals surface area contributed by atoms with Gasteiger partial charge in [-0.3, -0.25) is 9.59 Å². The fourth-order valence-corrected chi connectivity index (χ4v) is 3.88. The fourth-order valence-electron chi connectivity index (χ4n) is 3.88. The van der Waals surface area contributed by atoms with Gasteiger partial charge in [-0.15, -0.1) is 0 Å². The Morgan fingerprint density at radius 2 is 1.66 bits per heavy atom. The third-order valence-corrected chi connectivity index (χ3v) is 5.62. The highest BCUT2D eigenvalue weighted by atomic mass is 16.3. The first kappa shape index (κ1) is 21.6. The molecule has 0 radical (unpaired) electrons. The summed E-state index contributed by atoms with van der Waals surface area (Å²) in [5, 5.41) is 3.52. The van der Waals surface area contributed by atoms with E-state index in [9.17, 15) is 9.59 Å². The molecule has 4 heteroatoms. The molecule has 0 fully saturated rings. The maximum atomic E-state index is 12.6. The van der Waals surface area contributed by atoms with Crippen LogP contribution in [0.4, 0.5) is 5.69 Å². The van der Waals surface area contributed by atoms with Crippen molar-refractivity contribution in [3.8, 4) is 11.3 Å². The Balaban J connectivity index is 1.53. The minimum absolute atomic E-state index is 0.0720. The average Bonchev–Trinajstić information content (AvgIpc) is 2.79. The third kappa shape index (κ3) is 4.65. The molecule has 1 N–H and O–H groups in total. The molecule has 4 rings (SSSR count). The van der Waals surface area contributed by atoms with Gasteiger partial charge in [-0.25, -0.2) is 0 Å². The summed E-state index contributed by atoms with van der Waals surface area (Å²) in [7, 11) is 0. The van der Waals surface area contributed by atoms with Crippen LogP contribution < -0.4 is 10.7 Å². The number of benzene rings is 3. The van der Waals surface area contributed by atoms with Gasteiger partial charge in [0.15, 0.2) is 5.43 Å². The molecule has 4 aromatic rings. The van der Waals surface area contributed by atoms with Crippen molar-refractivity contribution in [3.05, 3.63) is 99.2 Å². The van der Waals surface area contributed by atoms with Crippen molar-refractivity contribution in [3.63, 3.8) is 0 Å². The predicted octanol–water partition coefficient (Wildman–Crippen LogP) is 6.67. The molecule has 3 aromatic carbocycles. The smallest absolute Gasteiger partial charge is 0.255 e. The Bertz CT molecular complexity index is 1320. The molecule has 0 bridgehead atoms.